The van der Waals surface area contributed by atoms with Crippen LogP contribution in [-0.2, 0) is 4.79 Å². The van der Waals surface area contributed by atoms with Crippen molar-refractivity contribution in [3.05, 3.63) is 53.1 Å². The van der Waals surface area contributed by atoms with Crippen molar-refractivity contribution in [2.24, 2.45) is 5.92 Å². The molecule has 0 aliphatic carbocycles. The molecule has 1 saturated heterocycles. The normalized spacial score (nSPS) is 14.0. The minimum atomic E-state index is -0.204. The molecule has 0 spiro atoms. The number of anilines is 2. The van der Waals surface area contributed by atoms with Gasteiger partial charge in [-0.3, -0.25) is 9.59 Å². The maximum absolute atomic E-state index is 12.5. The zero-order valence-electron chi connectivity index (χ0n) is 18.4. The van der Waals surface area contributed by atoms with Gasteiger partial charge in [-0.05, 0) is 55.3 Å². The largest absolute Gasteiger partial charge is 0.494 e. The molecule has 6 nitrogen and oxygen atoms in total. The average Bonchev–Trinajstić information content (AvgIpc) is 2.74. The quantitative estimate of drug-likeness (QED) is 0.674. The molecule has 1 N–H and O–H groups in total. The number of carbonyl (C=O) groups excluding carboxylic acids is 2. The predicted molar refractivity (Wildman–Crippen MR) is 125 cm³/mol. The van der Waals surface area contributed by atoms with E-state index in [-0.39, 0.29) is 11.8 Å². The van der Waals surface area contributed by atoms with Gasteiger partial charge in [-0.1, -0.05) is 25.4 Å². The van der Waals surface area contributed by atoms with Gasteiger partial charge in [-0.15, -0.1) is 0 Å². The maximum Gasteiger partial charge on any atom is 0.255 e. The lowest BCUT2D eigenvalue weighted by atomic mass is 10.1. The van der Waals surface area contributed by atoms with Crippen LogP contribution in [0, 0.1) is 5.92 Å². The molecule has 166 valence electrons. The second kappa shape index (κ2) is 10.5. The molecule has 7 heteroatoms. The van der Waals surface area contributed by atoms with Crippen LogP contribution in [-0.4, -0.2) is 49.5 Å². The Hall–Kier alpha value is -2.73. The summed E-state index contributed by atoms with van der Waals surface area (Å²) in [5.41, 5.74) is 2.10. The first-order chi connectivity index (χ1) is 14.9. The fourth-order valence-electron chi connectivity index (χ4n) is 3.59. The zero-order valence-corrected chi connectivity index (χ0v) is 19.1. The number of hydrogen-bond acceptors (Lipinski definition) is 4. The minimum Gasteiger partial charge on any atom is -0.494 e. The van der Waals surface area contributed by atoms with E-state index in [2.05, 4.69) is 24.1 Å². The van der Waals surface area contributed by atoms with Crippen LogP contribution in [0.25, 0.3) is 0 Å². The first-order valence-corrected chi connectivity index (χ1v) is 11.1. The van der Waals surface area contributed by atoms with Crippen LogP contribution in [0.15, 0.2) is 42.5 Å². The third-order valence-electron chi connectivity index (χ3n) is 5.19. The topological polar surface area (TPSA) is 61.9 Å². The predicted octanol–water partition coefficient (Wildman–Crippen LogP) is 4.69. The Balaban J connectivity index is 1.59. The van der Waals surface area contributed by atoms with Gasteiger partial charge in [0.1, 0.15) is 5.75 Å². The molecule has 3 rings (SSSR count). The Morgan fingerprint density at radius 2 is 1.74 bits per heavy atom. The number of benzene rings is 2. The van der Waals surface area contributed by atoms with E-state index in [0.29, 0.717) is 48.3 Å². The first kappa shape index (κ1) is 22.9. The molecular weight excluding hydrogens is 414 g/mol. The van der Waals surface area contributed by atoms with Gasteiger partial charge in [-0.2, -0.15) is 0 Å². The Kier molecular flexibility index (Phi) is 7.80. The van der Waals surface area contributed by atoms with Gasteiger partial charge < -0.3 is 19.9 Å². The highest BCUT2D eigenvalue weighted by Crippen LogP contribution is 2.30. The summed E-state index contributed by atoms with van der Waals surface area (Å²) in [6, 6.07) is 12.6. The summed E-state index contributed by atoms with van der Waals surface area (Å²) in [5.74, 6) is 1.11. The maximum atomic E-state index is 12.5. The molecule has 0 bridgehead atoms. The molecular formula is C24H30ClN3O3. The average molecular weight is 444 g/mol. The van der Waals surface area contributed by atoms with Crippen molar-refractivity contribution >= 4 is 34.8 Å². The third kappa shape index (κ3) is 6.14. The van der Waals surface area contributed by atoms with Gasteiger partial charge in [0.05, 0.1) is 17.3 Å². The van der Waals surface area contributed by atoms with Crippen molar-refractivity contribution in [1.29, 1.82) is 0 Å². The minimum absolute atomic E-state index is 0.204. The van der Waals surface area contributed by atoms with Crippen LogP contribution in [0.4, 0.5) is 11.4 Å². The van der Waals surface area contributed by atoms with Crippen LogP contribution in [0.1, 0.15) is 37.6 Å². The number of nitrogens with zero attached hydrogens (tertiary/aromatic N) is 2. The van der Waals surface area contributed by atoms with Gasteiger partial charge in [0, 0.05) is 43.9 Å². The van der Waals surface area contributed by atoms with Gasteiger partial charge in [-0.25, -0.2) is 0 Å². The molecule has 1 aliphatic rings. The number of carbonyl (C=O) groups is 2. The molecule has 2 aromatic carbocycles. The Morgan fingerprint density at radius 1 is 1.06 bits per heavy atom. The van der Waals surface area contributed by atoms with E-state index >= 15 is 0 Å². The molecule has 0 radical (unpaired) electrons. The molecule has 2 amide bonds. The van der Waals surface area contributed by atoms with Crippen LogP contribution in [0.2, 0.25) is 5.02 Å². The molecule has 1 fully saturated rings. The zero-order chi connectivity index (χ0) is 22.4. The van der Waals surface area contributed by atoms with Crippen molar-refractivity contribution in [1.82, 2.24) is 4.90 Å². The number of halogens is 1. The molecule has 0 atom stereocenters. The number of ether oxygens (including phenoxy) is 1. The number of amides is 2. The lowest BCUT2D eigenvalue weighted by Gasteiger charge is -2.36. The summed E-state index contributed by atoms with van der Waals surface area (Å²) in [6.45, 7) is 9.48. The molecule has 1 aliphatic heterocycles. The third-order valence-corrected chi connectivity index (χ3v) is 5.49. The van der Waals surface area contributed by atoms with Gasteiger partial charge in [0.25, 0.3) is 5.91 Å². The van der Waals surface area contributed by atoms with Crippen molar-refractivity contribution in [3.8, 4) is 5.75 Å². The first-order valence-electron chi connectivity index (χ1n) is 10.7. The Morgan fingerprint density at radius 3 is 2.32 bits per heavy atom. The van der Waals surface area contributed by atoms with Gasteiger partial charge in [0.15, 0.2) is 0 Å². The molecule has 2 aromatic rings. The fourth-order valence-corrected chi connectivity index (χ4v) is 3.89. The highest BCUT2D eigenvalue weighted by Gasteiger charge is 2.23. The number of hydrogen-bond donors (Lipinski definition) is 1. The summed E-state index contributed by atoms with van der Waals surface area (Å²) in [7, 11) is 0. The molecule has 1 heterocycles. The molecule has 0 unspecified atom stereocenters. The van der Waals surface area contributed by atoms with Crippen molar-refractivity contribution in [2.45, 2.75) is 27.2 Å². The summed E-state index contributed by atoms with van der Waals surface area (Å²) >= 11 is 6.53. The van der Waals surface area contributed by atoms with Crippen LogP contribution in [0.5, 0.6) is 5.75 Å². The standard InChI is InChI=1S/C24H30ClN3O3/c1-4-31-20-8-5-18(6-9-20)24(30)26-19-7-10-22(21(25)16-19)27-11-13-28(14-12-27)23(29)15-17(2)3/h5-10,16-17H,4,11-15H2,1-3H3,(H,26,30). The van der Waals surface area contributed by atoms with E-state index in [4.69, 9.17) is 16.3 Å². The number of piperazine rings is 1. The van der Waals surface area contributed by atoms with Gasteiger partial charge >= 0.3 is 0 Å². The monoisotopic (exact) mass is 443 g/mol. The van der Waals surface area contributed by atoms with Crippen LogP contribution < -0.4 is 15.0 Å². The number of nitrogens with one attached hydrogen (secondary N) is 1. The molecule has 31 heavy (non-hydrogen) atoms. The van der Waals surface area contributed by atoms with E-state index in [1.807, 2.05) is 24.0 Å². The second-order valence-corrected chi connectivity index (χ2v) is 8.45. The van der Waals surface area contributed by atoms with Crippen LogP contribution >= 0.6 is 11.6 Å². The SMILES string of the molecule is CCOc1ccc(C(=O)Nc2ccc(N3CCN(C(=O)CC(C)C)CC3)c(Cl)c2)cc1. The Labute approximate surface area is 189 Å². The summed E-state index contributed by atoms with van der Waals surface area (Å²) in [5, 5.41) is 3.46. The Bertz CT molecular complexity index is 907. The number of rotatable bonds is 7. The smallest absolute Gasteiger partial charge is 0.255 e. The molecule has 0 aromatic heterocycles. The van der Waals surface area contributed by atoms with E-state index in [0.717, 1.165) is 24.5 Å². The summed E-state index contributed by atoms with van der Waals surface area (Å²) in [4.78, 5) is 28.9. The van der Waals surface area contributed by atoms with Crippen molar-refractivity contribution in [2.75, 3.05) is 43.0 Å². The van der Waals surface area contributed by atoms with Crippen LogP contribution in [0.3, 0.4) is 0 Å². The molecule has 0 saturated carbocycles. The van der Waals surface area contributed by atoms with Gasteiger partial charge in [0.2, 0.25) is 5.91 Å². The highest BCUT2D eigenvalue weighted by atomic mass is 35.5. The fraction of sp³-hybridized carbons (Fsp3) is 0.417. The lowest BCUT2D eigenvalue weighted by Crippen LogP contribution is -2.49. The van der Waals surface area contributed by atoms with E-state index in [9.17, 15) is 9.59 Å². The summed E-state index contributed by atoms with van der Waals surface area (Å²) < 4.78 is 5.41. The van der Waals surface area contributed by atoms with E-state index in [1.165, 1.54) is 0 Å². The highest BCUT2D eigenvalue weighted by molar-refractivity contribution is 6.33. The van der Waals surface area contributed by atoms with Crippen molar-refractivity contribution in [3.63, 3.8) is 0 Å². The second-order valence-electron chi connectivity index (χ2n) is 8.04. The van der Waals surface area contributed by atoms with E-state index < -0.39 is 0 Å². The van der Waals surface area contributed by atoms with E-state index in [1.54, 1.807) is 30.3 Å². The summed E-state index contributed by atoms with van der Waals surface area (Å²) in [6.07, 6.45) is 0.587. The lowest BCUT2D eigenvalue weighted by molar-refractivity contribution is -0.132. The van der Waals surface area contributed by atoms with Crippen molar-refractivity contribution < 1.29 is 14.3 Å².